The zero-order valence-electron chi connectivity index (χ0n) is 15.5. The van der Waals surface area contributed by atoms with Gasteiger partial charge in [0.25, 0.3) is 0 Å². The van der Waals surface area contributed by atoms with E-state index in [0.717, 1.165) is 17.2 Å². The first-order valence-corrected chi connectivity index (χ1v) is 9.50. The van der Waals surface area contributed by atoms with Gasteiger partial charge in [0.05, 0.1) is 0 Å². The number of nitrogens with one attached hydrogen (secondary N) is 1. The molecule has 0 saturated carbocycles. The molecule has 2 amide bonds. The lowest BCUT2D eigenvalue weighted by molar-refractivity contribution is 0.208. The minimum absolute atomic E-state index is 0.115. The van der Waals surface area contributed by atoms with E-state index in [-0.39, 0.29) is 6.03 Å². The van der Waals surface area contributed by atoms with Crippen LogP contribution in [0, 0.1) is 6.92 Å². The molecule has 2 aromatic heterocycles. The molecule has 1 aliphatic rings. The predicted octanol–water partition coefficient (Wildman–Crippen LogP) is 3.58. The lowest BCUT2D eigenvalue weighted by atomic mass is 10.2. The zero-order chi connectivity index (χ0) is 19.5. The summed E-state index contributed by atoms with van der Waals surface area (Å²) in [5, 5.41) is 3.56. The highest BCUT2D eigenvalue weighted by Gasteiger charge is 2.22. The van der Waals surface area contributed by atoms with Gasteiger partial charge < -0.3 is 19.7 Å². The average Bonchev–Trinajstić information content (AvgIpc) is 3.26. The number of rotatable bonds is 3. The summed E-state index contributed by atoms with van der Waals surface area (Å²) in [5.74, 6) is 1.69. The molecule has 1 saturated heterocycles. The molecule has 144 valence electrons. The van der Waals surface area contributed by atoms with Crippen molar-refractivity contribution in [1.82, 2.24) is 19.4 Å². The second-order valence-corrected chi connectivity index (χ2v) is 7.10. The first-order valence-electron chi connectivity index (χ1n) is 9.12. The molecule has 3 heterocycles. The SMILES string of the molecule is Cc1ccc(NC(=O)N2CCN(c3cc(-n4cccc4)ncn3)CC2)cc1Cl. The molecule has 7 nitrogen and oxygen atoms in total. The van der Waals surface area contributed by atoms with Crippen molar-refractivity contribution >= 4 is 29.1 Å². The Hall–Kier alpha value is -3.06. The molecule has 0 atom stereocenters. The minimum atomic E-state index is -0.115. The minimum Gasteiger partial charge on any atom is -0.353 e. The molecular formula is C20H21ClN6O. The van der Waals surface area contributed by atoms with Gasteiger partial charge in [-0.05, 0) is 36.8 Å². The number of aromatic nitrogens is 3. The molecular weight excluding hydrogens is 376 g/mol. The van der Waals surface area contributed by atoms with Gasteiger partial charge in [-0.1, -0.05) is 17.7 Å². The molecule has 0 bridgehead atoms. The molecule has 1 aliphatic heterocycles. The summed E-state index contributed by atoms with van der Waals surface area (Å²) in [4.78, 5) is 25.2. The Morgan fingerprint density at radius 3 is 2.46 bits per heavy atom. The van der Waals surface area contributed by atoms with E-state index in [1.807, 2.05) is 54.2 Å². The van der Waals surface area contributed by atoms with Crippen molar-refractivity contribution in [3.63, 3.8) is 0 Å². The third-order valence-corrected chi connectivity index (χ3v) is 5.23. The summed E-state index contributed by atoms with van der Waals surface area (Å²) in [6, 6.07) is 11.3. The van der Waals surface area contributed by atoms with E-state index in [1.54, 1.807) is 17.3 Å². The number of nitrogens with zero attached hydrogens (tertiary/aromatic N) is 5. The Morgan fingerprint density at radius 2 is 1.75 bits per heavy atom. The van der Waals surface area contributed by atoms with Gasteiger partial charge in [-0.25, -0.2) is 14.8 Å². The van der Waals surface area contributed by atoms with Crippen LogP contribution >= 0.6 is 11.6 Å². The highest BCUT2D eigenvalue weighted by molar-refractivity contribution is 6.31. The standard InChI is InChI=1S/C20H21ClN6O/c1-15-4-5-16(12-17(15)21)24-20(28)27-10-8-26(9-11-27)19-13-18(22-14-23-19)25-6-2-3-7-25/h2-7,12-14H,8-11H2,1H3,(H,24,28). The van der Waals surface area contributed by atoms with Crippen molar-refractivity contribution in [1.29, 1.82) is 0 Å². The molecule has 4 rings (SSSR count). The predicted molar refractivity (Wildman–Crippen MR) is 110 cm³/mol. The quantitative estimate of drug-likeness (QED) is 0.734. The fraction of sp³-hybridized carbons (Fsp3) is 0.250. The van der Waals surface area contributed by atoms with Crippen LogP contribution in [0.3, 0.4) is 0 Å². The third-order valence-electron chi connectivity index (χ3n) is 4.82. The topological polar surface area (TPSA) is 66.3 Å². The van der Waals surface area contributed by atoms with Gasteiger partial charge in [0.1, 0.15) is 18.0 Å². The van der Waals surface area contributed by atoms with Gasteiger partial charge in [0.2, 0.25) is 0 Å². The Balaban J connectivity index is 1.37. The summed E-state index contributed by atoms with van der Waals surface area (Å²) in [6.07, 6.45) is 5.47. The van der Waals surface area contributed by atoms with Gasteiger partial charge in [0.15, 0.2) is 0 Å². The van der Waals surface area contributed by atoms with E-state index >= 15 is 0 Å². The van der Waals surface area contributed by atoms with E-state index in [9.17, 15) is 4.79 Å². The van der Waals surface area contributed by atoms with Crippen molar-refractivity contribution in [2.45, 2.75) is 6.92 Å². The van der Waals surface area contributed by atoms with E-state index in [0.29, 0.717) is 36.9 Å². The number of hydrogen-bond donors (Lipinski definition) is 1. The molecule has 1 fully saturated rings. The number of piperazine rings is 1. The average molecular weight is 397 g/mol. The number of aryl methyl sites for hydroxylation is 1. The molecule has 0 radical (unpaired) electrons. The number of halogens is 1. The largest absolute Gasteiger partial charge is 0.353 e. The number of amides is 2. The lowest BCUT2D eigenvalue weighted by Gasteiger charge is -2.35. The Morgan fingerprint density at radius 1 is 1.04 bits per heavy atom. The van der Waals surface area contributed by atoms with Crippen molar-refractivity contribution < 1.29 is 4.79 Å². The molecule has 8 heteroatoms. The maximum absolute atomic E-state index is 12.5. The number of anilines is 2. The Labute approximate surface area is 168 Å². The van der Waals surface area contributed by atoms with Crippen molar-refractivity contribution in [2.75, 3.05) is 36.4 Å². The normalized spacial score (nSPS) is 14.2. The van der Waals surface area contributed by atoms with Crippen LogP contribution in [-0.2, 0) is 0 Å². The van der Waals surface area contributed by atoms with Crippen LogP contribution < -0.4 is 10.2 Å². The van der Waals surface area contributed by atoms with Gasteiger partial charge in [0, 0.05) is 55.3 Å². The fourth-order valence-electron chi connectivity index (χ4n) is 3.15. The monoisotopic (exact) mass is 396 g/mol. The summed E-state index contributed by atoms with van der Waals surface area (Å²) < 4.78 is 1.95. The highest BCUT2D eigenvalue weighted by atomic mass is 35.5. The third kappa shape index (κ3) is 3.94. The maximum atomic E-state index is 12.5. The second kappa shape index (κ2) is 7.90. The maximum Gasteiger partial charge on any atom is 0.321 e. The lowest BCUT2D eigenvalue weighted by Crippen LogP contribution is -2.50. The summed E-state index contributed by atoms with van der Waals surface area (Å²) in [5.41, 5.74) is 1.69. The number of benzene rings is 1. The summed E-state index contributed by atoms with van der Waals surface area (Å²) >= 11 is 6.13. The van der Waals surface area contributed by atoms with E-state index in [4.69, 9.17) is 11.6 Å². The Bertz CT molecular complexity index is 967. The second-order valence-electron chi connectivity index (χ2n) is 6.69. The van der Waals surface area contributed by atoms with E-state index in [2.05, 4.69) is 20.2 Å². The van der Waals surface area contributed by atoms with Crippen molar-refractivity contribution in [3.8, 4) is 5.82 Å². The van der Waals surface area contributed by atoms with Gasteiger partial charge in [-0.3, -0.25) is 0 Å². The summed E-state index contributed by atoms with van der Waals surface area (Å²) in [6.45, 7) is 4.60. The molecule has 0 aliphatic carbocycles. The molecule has 3 aromatic rings. The zero-order valence-corrected chi connectivity index (χ0v) is 16.3. The highest BCUT2D eigenvalue weighted by Crippen LogP contribution is 2.21. The van der Waals surface area contributed by atoms with Crippen LogP contribution in [-0.4, -0.2) is 51.6 Å². The number of urea groups is 1. The van der Waals surface area contributed by atoms with Crippen LogP contribution in [0.2, 0.25) is 5.02 Å². The Kier molecular flexibility index (Phi) is 5.16. The van der Waals surface area contributed by atoms with E-state index in [1.165, 1.54) is 0 Å². The van der Waals surface area contributed by atoms with Crippen LogP contribution in [0.5, 0.6) is 0 Å². The van der Waals surface area contributed by atoms with Crippen LogP contribution in [0.25, 0.3) is 5.82 Å². The van der Waals surface area contributed by atoms with Crippen LogP contribution in [0.1, 0.15) is 5.56 Å². The number of carbonyl (C=O) groups is 1. The smallest absolute Gasteiger partial charge is 0.321 e. The molecule has 0 unspecified atom stereocenters. The van der Waals surface area contributed by atoms with E-state index < -0.39 is 0 Å². The first-order chi connectivity index (χ1) is 13.6. The number of hydrogen-bond acceptors (Lipinski definition) is 4. The van der Waals surface area contributed by atoms with Gasteiger partial charge >= 0.3 is 6.03 Å². The van der Waals surface area contributed by atoms with Crippen molar-refractivity contribution in [3.05, 3.63) is 65.7 Å². The van der Waals surface area contributed by atoms with Crippen LogP contribution in [0.4, 0.5) is 16.3 Å². The van der Waals surface area contributed by atoms with Gasteiger partial charge in [-0.2, -0.15) is 0 Å². The van der Waals surface area contributed by atoms with Crippen LogP contribution in [0.15, 0.2) is 55.1 Å². The molecule has 1 N–H and O–H groups in total. The molecule has 28 heavy (non-hydrogen) atoms. The first kappa shape index (κ1) is 18.3. The van der Waals surface area contributed by atoms with Crippen molar-refractivity contribution in [2.24, 2.45) is 0 Å². The number of carbonyl (C=O) groups excluding carboxylic acids is 1. The summed E-state index contributed by atoms with van der Waals surface area (Å²) in [7, 11) is 0. The molecule has 1 aromatic carbocycles. The fourth-order valence-corrected chi connectivity index (χ4v) is 3.33. The molecule has 0 spiro atoms. The van der Waals surface area contributed by atoms with Gasteiger partial charge in [-0.15, -0.1) is 0 Å².